The molecule has 0 saturated carbocycles. The molecule has 0 unspecified atom stereocenters. The van der Waals surface area contributed by atoms with Gasteiger partial charge < -0.3 is 5.32 Å². The Morgan fingerprint density at radius 3 is 2.76 bits per heavy atom. The topological polar surface area (TPSA) is 61.6 Å². The van der Waals surface area contributed by atoms with E-state index in [2.05, 4.69) is 21.4 Å². The van der Waals surface area contributed by atoms with Gasteiger partial charge in [0.25, 0.3) is 0 Å². The van der Waals surface area contributed by atoms with Gasteiger partial charge in [-0.25, -0.2) is 4.98 Å². The predicted molar refractivity (Wildman–Crippen MR) is 66.5 cm³/mol. The normalized spacial score (nSPS) is 9.71. The number of para-hydroxylation sites is 1. The van der Waals surface area contributed by atoms with E-state index in [9.17, 15) is 0 Å². The highest BCUT2D eigenvalue weighted by atomic mass is 35.5. The van der Waals surface area contributed by atoms with Crippen molar-refractivity contribution in [3.8, 4) is 6.07 Å². The third kappa shape index (κ3) is 2.64. The van der Waals surface area contributed by atoms with Crippen LogP contribution < -0.4 is 5.32 Å². The number of hydrogen-bond donors (Lipinski definition) is 1. The number of benzene rings is 1. The van der Waals surface area contributed by atoms with Crippen LogP contribution in [0.1, 0.15) is 5.56 Å². The van der Waals surface area contributed by atoms with E-state index in [1.807, 2.05) is 0 Å². The Kier molecular flexibility index (Phi) is 3.43. The molecule has 0 radical (unpaired) electrons. The zero-order chi connectivity index (χ0) is 12.3. The minimum Gasteiger partial charge on any atom is -0.338 e. The van der Waals surface area contributed by atoms with Crippen molar-refractivity contribution >= 4 is 34.7 Å². The number of rotatable bonds is 2. The molecular formula is C11H6Cl2N4. The summed E-state index contributed by atoms with van der Waals surface area (Å²) in [6.45, 7) is 0. The van der Waals surface area contributed by atoms with Crippen molar-refractivity contribution in [1.82, 2.24) is 9.97 Å². The van der Waals surface area contributed by atoms with Crippen molar-refractivity contribution in [3.05, 3.63) is 46.3 Å². The van der Waals surface area contributed by atoms with Gasteiger partial charge in [0.2, 0.25) is 5.28 Å². The van der Waals surface area contributed by atoms with Crippen LogP contribution in [0.15, 0.2) is 30.5 Å². The molecule has 4 nitrogen and oxygen atoms in total. The van der Waals surface area contributed by atoms with Gasteiger partial charge >= 0.3 is 0 Å². The highest BCUT2D eigenvalue weighted by Gasteiger charge is 2.07. The van der Waals surface area contributed by atoms with Gasteiger partial charge in [0.1, 0.15) is 11.1 Å². The first-order valence-electron chi connectivity index (χ1n) is 4.65. The summed E-state index contributed by atoms with van der Waals surface area (Å²) < 4.78 is 0. The van der Waals surface area contributed by atoms with Crippen molar-refractivity contribution < 1.29 is 0 Å². The summed E-state index contributed by atoms with van der Waals surface area (Å²) in [7, 11) is 0. The van der Waals surface area contributed by atoms with E-state index in [4.69, 9.17) is 28.5 Å². The maximum Gasteiger partial charge on any atom is 0.224 e. The van der Waals surface area contributed by atoms with E-state index in [0.717, 1.165) is 0 Å². The lowest BCUT2D eigenvalue weighted by molar-refractivity contribution is 1.17. The van der Waals surface area contributed by atoms with Gasteiger partial charge in [0.05, 0.1) is 17.4 Å². The molecule has 0 aliphatic heterocycles. The first-order chi connectivity index (χ1) is 8.20. The maximum absolute atomic E-state index is 8.94. The Hall–Kier alpha value is -1.83. The molecule has 1 aromatic carbocycles. The van der Waals surface area contributed by atoms with Crippen molar-refractivity contribution in [2.45, 2.75) is 0 Å². The summed E-state index contributed by atoms with van der Waals surface area (Å²) in [6.07, 6.45) is 1.40. The van der Waals surface area contributed by atoms with Crippen LogP contribution in [0.4, 0.5) is 11.5 Å². The van der Waals surface area contributed by atoms with Gasteiger partial charge in [-0.05, 0) is 23.7 Å². The molecule has 0 amide bonds. The minimum absolute atomic E-state index is 0.0892. The number of nitriles is 1. The third-order valence-electron chi connectivity index (χ3n) is 2.02. The monoisotopic (exact) mass is 264 g/mol. The Labute approximate surface area is 108 Å². The molecule has 0 aliphatic rings. The molecule has 6 heteroatoms. The molecule has 0 atom stereocenters. The lowest BCUT2D eigenvalue weighted by Gasteiger charge is -2.08. The number of halogens is 2. The van der Waals surface area contributed by atoms with E-state index >= 15 is 0 Å². The van der Waals surface area contributed by atoms with E-state index in [1.54, 1.807) is 24.3 Å². The summed E-state index contributed by atoms with van der Waals surface area (Å²) in [5.41, 5.74) is 1.12. The molecule has 1 aromatic heterocycles. The first kappa shape index (κ1) is 11.6. The Bertz CT molecular complexity index is 592. The van der Waals surface area contributed by atoms with Crippen LogP contribution in [0.2, 0.25) is 10.3 Å². The summed E-state index contributed by atoms with van der Waals surface area (Å²) in [5, 5.41) is 12.3. The first-order valence-corrected chi connectivity index (χ1v) is 5.40. The zero-order valence-electron chi connectivity index (χ0n) is 8.48. The van der Waals surface area contributed by atoms with E-state index in [1.165, 1.54) is 6.20 Å². The summed E-state index contributed by atoms with van der Waals surface area (Å²) in [5.74, 6) is 0.370. The van der Waals surface area contributed by atoms with Gasteiger partial charge in [-0.15, -0.1) is 0 Å². The molecule has 1 heterocycles. The molecule has 2 rings (SSSR count). The quantitative estimate of drug-likeness (QED) is 0.845. The number of nitrogens with one attached hydrogen (secondary N) is 1. The molecule has 84 valence electrons. The predicted octanol–water partition coefficient (Wildman–Crippen LogP) is 3.40. The number of nitrogens with zero attached hydrogens (tertiary/aromatic N) is 3. The fraction of sp³-hybridized carbons (Fsp3) is 0. The second-order valence-corrected chi connectivity index (χ2v) is 3.86. The van der Waals surface area contributed by atoms with Crippen LogP contribution in [0.5, 0.6) is 0 Å². The lowest BCUT2D eigenvalue weighted by atomic mass is 10.2. The van der Waals surface area contributed by atoms with Crippen LogP contribution in [0, 0.1) is 11.3 Å². The average molecular weight is 265 g/mol. The van der Waals surface area contributed by atoms with Crippen molar-refractivity contribution in [2.75, 3.05) is 5.32 Å². The summed E-state index contributed by atoms with van der Waals surface area (Å²) in [6, 6.07) is 9.10. The Morgan fingerprint density at radius 2 is 2.00 bits per heavy atom. The maximum atomic E-state index is 8.94. The summed E-state index contributed by atoms with van der Waals surface area (Å²) in [4.78, 5) is 7.69. The molecule has 17 heavy (non-hydrogen) atoms. The van der Waals surface area contributed by atoms with Crippen molar-refractivity contribution in [2.24, 2.45) is 0 Å². The molecule has 0 spiro atoms. The van der Waals surface area contributed by atoms with Gasteiger partial charge in [-0.2, -0.15) is 10.2 Å². The van der Waals surface area contributed by atoms with Crippen molar-refractivity contribution in [3.63, 3.8) is 0 Å². The highest BCUT2D eigenvalue weighted by Crippen LogP contribution is 2.25. The standard InChI is InChI=1S/C11H6Cl2N4/c12-8-6-15-11(13)17-10(8)16-9-4-2-1-3-7(9)5-14/h1-4,6H,(H,15,16,17). The van der Waals surface area contributed by atoms with E-state index in [0.29, 0.717) is 22.1 Å². The number of hydrogen-bond acceptors (Lipinski definition) is 4. The zero-order valence-corrected chi connectivity index (χ0v) is 10.00. The van der Waals surface area contributed by atoms with Gasteiger partial charge in [-0.1, -0.05) is 23.7 Å². The molecule has 0 saturated heterocycles. The largest absolute Gasteiger partial charge is 0.338 e. The van der Waals surface area contributed by atoms with Crippen LogP contribution in [0.25, 0.3) is 0 Å². The van der Waals surface area contributed by atoms with Gasteiger partial charge in [0, 0.05) is 0 Å². The third-order valence-corrected chi connectivity index (χ3v) is 2.47. The molecule has 0 aliphatic carbocycles. The van der Waals surface area contributed by atoms with Gasteiger partial charge in [0.15, 0.2) is 5.82 Å². The highest BCUT2D eigenvalue weighted by molar-refractivity contribution is 6.33. The molecule has 0 fully saturated rings. The van der Waals surface area contributed by atoms with E-state index < -0.39 is 0 Å². The van der Waals surface area contributed by atoms with Crippen LogP contribution in [-0.2, 0) is 0 Å². The van der Waals surface area contributed by atoms with Crippen molar-refractivity contribution in [1.29, 1.82) is 5.26 Å². The minimum atomic E-state index is 0.0892. The van der Waals surface area contributed by atoms with Crippen LogP contribution >= 0.6 is 23.2 Å². The number of anilines is 2. The Morgan fingerprint density at radius 1 is 1.24 bits per heavy atom. The van der Waals surface area contributed by atoms with Crippen LogP contribution in [0.3, 0.4) is 0 Å². The second kappa shape index (κ2) is 5.00. The Balaban J connectivity index is 2.38. The average Bonchev–Trinajstić information content (AvgIpc) is 2.34. The fourth-order valence-corrected chi connectivity index (χ4v) is 1.52. The molecule has 1 N–H and O–H groups in total. The lowest BCUT2D eigenvalue weighted by Crippen LogP contribution is -1.98. The van der Waals surface area contributed by atoms with E-state index in [-0.39, 0.29) is 5.28 Å². The van der Waals surface area contributed by atoms with Crippen LogP contribution in [-0.4, -0.2) is 9.97 Å². The molecule has 0 bridgehead atoms. The number of aromatic nitrogens is 2. The SMILES string of the molecule is N#Cc1ccccc1Nc1nc(Cl)ncc1Cl. The molecule has 2 aromatic rings. The summed E-state index contributed by atoms with van der Waals surface area (Å²) >= 11 is 11.6. The van der Waals surface area contributed by atoms with Gasteiger partial charge in [-0.3, -0.25) is 0 Å². The fourth-order valence-electron chi connectivity index (χ4n) is 1.25. The molecular weight excluding hydrogens is 259 g/mol. The smallest absolute Gasteiger partial charge is 0.224 e. The second-order valence-electron chi connectivity index (χ2n) is 3.12.